The van der Waals surface area contributed by atoms with Crippen LogP contribution in [0.4, 0.5) is 0 Å². The maximum Gasteiger partial charge on any atom is 0.181 e. The molecule has 2 aromatic rings. The van der Waals surface area contributed by atoms with Gasteiger partial charge in [-0.05, 0) is 12.5 Å². The van der Waals surface area contributed by atoms with Gasteiger partial charge in [-0.15, -0.1) is 0 Å². The molecular weight excluding hydrogens is 218 g/mol. The maximum atomic E-state index is 8.90. The number of H-pyrrole nitrogens is 1. The molecule has 5 nitrogen and oxygen atoms in total. The third-order valence-corrected chi connectivity index (χ3v) is 2.67. The minimum atomic E-state index is -0.133. The molecule has 1 aromatic heterocycles. The van der Waals surface area contributed by atoms with E-state index in [1.54, 1.807) is 7.11 Å². The summed E-state index contributed by atoms with van der Waals surface area (Å²) in [5, 5.41) is 15.6. The van der Waals surface area contributed by atoms with Crippen LogP contribution in [-0.2, 0) is 11.3 Å². The summed E-state index contributed by atoms with van der Waals surface area (Å²) in [6, 6.07) is 7.85. The molecule has 0 aliphatic carbocycles. The van der Waals surface area contributed by atoms with E-state index in [0.29, 0.717) is 11.6 Å². The molecule has 1 aromatic carbocycles. The summed E-state index contributed by atoms with van der Waals surface area (Å²) in [7, 11) is 1.68. The van der Waals surface area contributed by atoms with Gasteiger partial charge in [0.05, 0.1) is 6.10 Å². The molecule has 0 radical (unpaired) electrons. The number of nitrogens with one attached hydrogen (secondary N) is 1. The second kappa shape index (κ2) is 5.07. The van der Waals surface area contributed by atoms with Gasteiger partial charge in [-0.1, -0.05) is 24.3 Å². The fourth-order valence-electron chi connectivity index (χ4n) is 1.53. The molecule has 0 aliphatic rings. The van der Waals surface area contributed by atoms with E-state index in [2.05, 4.69) is 15.2 Å². The van der Waals surface area contributed by atoms with Crippen molar-refractivity contribution in [2.45, 2.75) is 19.6 Å². The van der Waals surface area contributed by atoms with Gasteiger partial charge in [0.25, 0.3) is 0 Å². The number of nitrogens with zero attached hydrogens (tertiary/aromatic N) is 2. The van der Waals surface area contributed by atoms with Gasteiger partial charge in [-0.25, -0.2) is 4.98 Å². The Balaban J connectivity index is 2.22. The van der Waals surface area contributed by atoms with Gasteiger partial charge < -0.3 is 9.84 Å². The summed E-state index contributed by atoms with van der Waals surface area (Å²) < 4.78 is 5.23. The molecule has 0 saturated carbocycles. The van der Waals surface area contributed by atoms with E-state index < -0.39 is 0 Å². The lowest BCUT2D eigenvalue weighted by Gasteiger charge is -2.09. The van der Waals surface area contributed by atoms with Crippen LogP contribution in [0.5, 0.6) is 0 Å². The summed E-state index contributed by atoms with van der Waals surface area (Å²) in [5.74, 6) is 1.06. The van der Waals surface area contributed by atoms with E-state index in [-0.39, 0.29) is 12.7 Å². The molecule has 0 saturated heterocycles. The summed E-state index contributed by atoms with van der Waals surface area (Å²) in [4.78, 5) is 4.15. The molecule has 90 valence electrons. The first-order chi connectivity index (χ1) is 8.24. The lowest BCUT2D eigenvalue weighted by atomic mass is 10.1. The number of rotatable bonds is 4. The van der Waals surface area contributed by atoms with Gasteiger partial charge in [0.2, 0.25) is 0 Å². The molecule has 0 spiro atoms. The number of aromatic nitrogens is 3. The predicted octanol–water partition coefficient (Wildman–Crippen LogP) is 1.67. The quantitative estimate of drug-likeness (QED) is 0.842. The van der Waals surface area contributed by atoms with Crippen molar-refractivity contribution in [2.24, 2.45) is 0 Å². The Hall–Kier alpha value is -1.72. The van der Waals surface area contributed by atoms with Crippen LogP contribution in [0, 0.1) is 0 Å². The summed E-state index contributed by atoms with van der Waals surface area (Å²) >= 11 is 0. The Morgan fingerprint density at radius 2 is 2.06 bits per heavy atom. The minimum absolute atomic E-state index is 0.0733. The van der Waals surface area contributed by atoms with Crippen molar-refractivity contribution in [3.05, 3.63) is 35.7 Å². The number of aliphatic hydroxyl groups excluding tert-OH is 1. The number of aliphatic hydroxyl groups is 1. The molecule has 1 unspecified atom stereocenters. The molecule has 5 heteroatoms. The molecule has 2 rings (SSSR count). The van der Waals surface area contributed by atoms with E-state index in [0.717, 1.165) is 11.1 Å². The van der Waals surface area contributed by atoms with E-state index in [9.17, 15) is 0 Å². The van der Waals surface area contributed by atoms with E-state index in [1.165, 1.54) is 0 Å². The Kier molecular flexibility index (Phi) is 3.51. The average Bonchev–Trinajstić information content (AvgIpc) is 2.87. The first-order valence-corrected chi connectivity index (χ1v) is 5.40. The minimum Gasteiger partial charge on any atom is -0.388 e. The number of methoxy groups -OCH3 is 1. The van der Waals surface area contributed by atoms with Crippen molar-refractivity contribution in [1.29, 1.82) is 0 Å². The van der Waals surface area contributed by atoms with Gasteiger partial charge in [-0.2, -0.15) is 5.10 Å². The Labute approximate surface area is 99.5 Å². The number of aromatic amines is 1. The van der Waals surface area contributed by atoms with Crippen molar-refractivity contribution in [2.75, 3.05) is 7.11 Å². The van der Waals surface area contributed by atoms with Crippen molar-refractivity contribution in [1.82, 2.24) is 15.2 Å². The van der Waals surface area contributed by atoms with Gasteiger partial charge in [0.1, 0.15) is 6.61 Å². The van der Waals surface area contributed by atoms with Crippen LogP contribution in [0.15, 0.2) is 24.3 Å². The van der Waals surface area contributed by atoms with Crippen molar-refractivity contribution < 1.29 is 9.84 Å². The van der Waals surface area contributed by atoms with Crippen LogP contribution in [0.25, 0.3) is 11.4 Å². The highest BCUT2D eigenvalue weighted by atomic mass is 16.5. The van der Waals surface area contributed by atoms with Gasteiger partial charge in [0.15, 0.2) is 11.6 Å². The topological polar surface area (TPSA) is 71.0 Å². The fraction of sp³-hybridized carbons (Fsp3) is 0.333. The third kappa shape index (κ3) is 2.51. The van der Waals surface area contributed by atoms with Crippen molar-refractivity contribution in [3.63, 3.8) is 0 Å². The van der Waals surface area contributed by atoms with Crippen LogP contribution in [-0.4, -0.2) is 27.4 Å². The zero-order valence-electron chi connectivity index (χ0n) is 9.84. The molecule has 0 fully saturated rings. The summed E-state index contributed by atoms with van der Waals surface area (Å²) in [5.41, 5.74) is 2.02. The summed E-state index contributed by atoms with van der Waals surface area (Å²) in [6.45, 7) is 1.86. The van der Waals surface area contributed by atoms with Crippen LogP contribution in [0.2, 0.25) is 0 Å². The zero-order valence-corrected chi connectivity index (χ0v) is 9.84. The highest BCUT2D eigenvalue weighted by molar-refractivity contribution is 5.55. The van der Waals surface area contributed by atoms with Gasteiger partial charge in [-0.3, -0.25) is 5.10 Å². The number of benzene rings is 1. The molecule has 2 N–H and O–H groups in total. The van der Waals surface area contributed by atoms with Gasteiger partial charge >= 0.3 is 0 Å². The molecular formula is C12H15N3O2. The molecule has 0 bridgehead atoms. The highest BCUT2D eigenvalue weighted by Crippen LogP contribution is 2.20. The Bertz CT molecular complexity index is 479. The van der Waals surface area contributed by atoms with Crippen LogP contribution >= 0.6 is 0 Å². The van der Waals surface area contributed by atoms with Crippen LogP contribution in [0.3, 0.4) is 0 Å². The molecule has 0 amide bonds. The average molecular weight is 233 g/mol. The number of hydrogen-bond donors (Lipinski definition) is 2. The van der Waals surface area contributed by atoms with Gasteiger partial charge in [0, 0.05) is 12.7 Å². The predicted molar refractivity (Wildman–Crippen MR) is 63.2 cm³/mol. The van der Waals surface area contributed by atoms with Crippen LogP contribution < -0.4 is 0 Å². The normalized spacial score (nSPS) is 12.6. The second-order valence-electron chi connectivity index (χ2n) is 3.76. The lowest BCUT2D eigenvalue weighted by molar-refractivity contribution is 0.119. The number of ether oxygens (including phenoxy) is 1. The van der Waals surface area contributed by atoms with E-state index in [4.69, 9.17) is 9.84 Å². The largest absolute Gasteiger partial charge is 0.388 e. The molecule has 1 atom stereocenters. The SMILES string of the molecule is COC(C)c1ccc(-c2n[nH]c(CO)n2)cc1. The molecule has 17 heavy (non-hydrogen) atoms. The fourth-order valence-corrected chi connectivity index (χ4v) is 1.53. The highest BCUT2D eigenvalue weighted by Gasteiger charge is 2.07. The summed E-state index contributed by atoms with van der Waals surface area (Å²) in [6.07, 6.45) is 0.0733. The second-order valence-corrected chi connectivity index (χ2v) is 3.76. The monoisotopic (exact) mass is 233 g/mol. The maximum absolute atomic E-state index is 8.90. The van der Waals surface area contributed by atoms with Crippen molar-refractivity contribution >= 4 is 0 Å². The standard InChI is InChI=1S/C12H15N3O2/c1-8(17-2)9-3-5-10(6-4-9)12-13-11(7-16)14-15-12/h3-6,8,16H,7H2,1-2H3,(H,13,14,15). The van der Waals surface area contributed by atoms with E-state index in [1.807, 2.05) is 31.2 Å². The zero-order chi connectivity index (χ0) is 12.3. The van der Waals surface area contributed by atoms with E-state index >= 15 is 0 Å². The first kappa shape index (κ1) is 11.8. The lowest BCUT2D eigenvalue weighted by Crippen LogP contribution is -1.95. The third-order valence-electron chi connectivity index (χ3n) is 2.67. The smallest absolute Gasteiger partial charge is 0.181 e. The Morgan fingerprint density at radius 3 is 2.59 bits per heavy atom. The van der Waals surface area contributed by atoms with Crippen molar-refractivity contribution in [3.8, 4) is 11.4 Å². The Morgan fingerprint density at radius 1 is 1.35 bits per heavy atom. The first-order valence-electron chi connectivity index (χ1n) is 5.40. The molecule has 1 heterocycles. The van der Waals surface area contributed by atoms with Crippen LogP contribution in [0.1, 0.15) is 24.4 Å². The molecule has 0 aliphatic heterocycles. The number of hydrogen-bond acceptors (Lipinski definition) is 4.